The highest BCUT2D eigenvalue weighted by atomic mass is 16.6. The number of methoxy groups -OCH3 is 3. The third-order valence-corrected chi connectivity index (χ3v) is 6.37. The number of amides is 1. The zero-order valence-corrected chi connectivity index (χ0v) is 17.9. The number of hydrogen-bond donors (Lipinski definition) is 1. The smallest absolute Gasteiger partial charge is 0.412 e. The van der Waals surface area contributed by atoms with Crippen LogP contribution in [0.15, 0.2) is 42.5 Å². The van der Waals surface area contributed by atoms with Crippen LogP contribution >= 0.6 is 0 Å². The summed E-state index contributed by atoms with van der Waals surface area (Å²) in [6, 6.07) is 13.8. The molecule has 0 aromatic heterocycles. The number of rotatable bonds is 5. The molecule has 1 saturated carbocycles. The number of nitrogens with one attached hydrogen (secondary N) is 1. The van der Waals surface area contributed by atoms with Crippen molar-refractivity contribution in [1.82, 2.24) is 0 Å². The molecule has 6 heteroatoms. The second-order valence-electron chi connectivity index (χ2n) is 7.97. The topological polar surface area (TPSA) is 66.0 Å². The first-order valence-electron chi connectivity index (χ1n) is 10.5. The molecule has 0 bridgehead atoms. The van der Waals surface area contributed by atoms with Crippen LogP contribution in [0.4, 0.5) is 10.5 Å². The Morgan fingerprint density at radius 3 is 2.29 bits per heavy atom. The molecule has 1 unspecified atom stereocenters. The highest BCUT2D eigenvalue weighted by Gasteiger charge is 2.33. The maximum Gasteiger partial charge on any atom is 0.412 e. The normalized spacial score (nSPS) is 17.9. The average molecular weight is 419 g/mol. The molecule has 1 aliphatic heterocycles. The molecule has 5 rings (SSSR count). The minimum absolute atomic E-state index is 0.423. The molecule has 1 aliphatic carbocycles. The van der Waals surface area contributed by atoms with Gasteiger partial charge in [-0.05, 0) is 37.0 Å². The van der Waals surface area contributed by atoms with Crippen molar-refractivity contribution in [3.8, 4) is 17.2 Å². The number of fused-ring (bicyclic) bond motifs is 3. The van der Waals surface area contributed by atoms with E-state index < -0.39 is 12.2 Å². The van der Waals surface area contributed by atoms with Crippen molar-refractivity contribution >= 4 is 22.6 Å². The van der Waals surface area contributed by atoms with E-state index in [0.29, 0.717) is 11.7 Å². The van der Waals surface area contributed by atoms with Gasteiger partial charge in [-0.2, -0.15) is 0 Å². The molecule has 3 aromatic rings. The summed E-state index contributed by atoms with van der Waals surface area (Å²) in [7, 11) is 4.94. The molecule has 31 heavy (non-hydrogen) atoms. The number of benzene rings is 3. The zero-order valence-electron chi connectivity index (χ0n) is 17.9. The van der Waals surface area contributed by atoms with Crippen LogP contribution in [0, 0.1) is 0 Å². The van der Waals surface area contributed by atoms with E-state index in [1.165, 1.54) is 6.42 Å². The zero-order chi connectivity index (χ0) is 21.5. The van der Waals surface area contributed by atoms with Crippen molar-refractivity contribution in [3.63, 3.8) is 0 Å². The van der Waals surface area contributed by atoms with Crippen LogP contribution in [0.1, 0.15) is 48.0 Å². The van der Waals surface area contributed by atoms with E-state index in [2.05, 4.69) is 11.4 Å². The molecular weight excluding hydrogens is 394 g/mol. The van der Waals surface area contributed by atoms with Crippen molar-refractivity contribution in [2.45, 2.75) is 31.3 Å². The minimum atomic E-state index is -0.583. The minimum Gasteiger partial charge on any atom is -0.496 e. The van der Waals surface area contributed by atoms with Gasteiger partial charge >= 0.3 is 6.09 Å². The summed E-state index contributed by atoms with van der Waals surface area (Å²) < 4.78 is 22.8. The van der Waals surface area contributed by atoms with Crippen molar-refractivity contribution in [1.29, 1.82) is 0 Å². The Morgan fingerprint density at radius 2 is 1.65 bits per heavy atom. The van der Waals surface area contributed by atoms with Gasteiger partial charge in [-0.3, -0.25) is 5.32 Å². The van der Waals surface area contributed by atoms with Gasteiger partial charge < -0.3 is 18.9 Å². The molecule has 0 radical (unpaired) electrons. The van der Waals surface area contributed by atoms with Crippen molar-refractivity contribution in [2.75, 3.05) is 26.6 Å². The van der Waals surface area contributed by atoms with Crippen molar-refractivity contribution in [2.24, 2.45) is 0 Å². The van der Waals surface area contributed by atoms with E-state index >= 15 is 0 Å². The summed E-state index contributed by atoms with van der Waals surface area (Å²) in [4.78, 5) is 12.6. The first kappa shape index (κ1) is 19.5. The Balaban J connectivity index is 1.72. The summed E-state index contributed by atoms with van der Waals surface area (Å²) in [6.07, 6.45) is 2.37. The standard InChI is InChI=1S/C25H25NO5/c1-28-20-13-19-22(17-10-5-4-9-16(17)20)26-25(27)31-23(19)15-11-18(14-7-6-8-14)24(30-3)21(12-15)29-2/h4-5,9-14,23H,6-8H2,1-3H3,(H,26,27). The van der Waals surface area contributed by atoms with Crippen LogP contribution in [0.5, 0.6) is 17.2 Å². The number of hydrogen-bond acceptors (Lipinski definition) is 5. The molecule has 3 aromatic carbocycles. The molecule has 0 saturated heterocycles. The largest absolute Gasteiger partial charge is 0.496 e. The van der Waals surface area contributed by atoms with Crippen molar-refractivity contribution in [3.05, 3.63) is 59.2 Å². The Labute approximate surface area is 181 Å². The molecule has 2 aliphatic rings. The van der Waals surface area contributed by atoms with Gasteiger partial charge in [0.25, 0.3) is 0 Å². The lowest BCUT2D eigenvalue weighted by Crippen LogP contribution is -2.26. The fourth-order valence-corrected chi connectivity index (χ4v) is 4.62. The lowest BCUT2D eigenvalue weighted by atomic mass is 9.78. The van der Waals surface area contributed by atoms with Gasteiger partial charge in [0, 0.05) is 27.5 Å². The van der Waals surface area contributed by atoms with Gasteiger partial charge in [-0.25, -0.2) is 4.79 Å². The highest BCUT2D eigenvalue weighted by Crippen LogP contribution is 2.49. The number of anilines is 1. The lowest BCUT2D eigenvalue weighted by Gasteiger charge is -2.31. The van der Waals surface area contributed by atoms with Gasteiger partial charge in [-0.1, -0.05) is 30.7 Å². The van der Waals surface area contributed by atoms with Crippen LogP contribution in [-0.4, -0.2) is 27.4 Å². The number of cyclic esters (lactones) is 1. The first-order valence-corrected chi connectivity index (χ1v) is 10.5. The van der Waals surface area contributed by atoms with E-state index in [1.807, 2.05) is 36.4 Å². The van der Waals surface area contributed by atoms with E-state index in [-0.39, 0.29) is 0 Å². The summed E-state index contributed by atoms with van der Waals surface area (Å²) in [5, 5.41) is 4.74. The number of carbonyl (C=O) groups is 1. The Morgan fingerprint density at radius 1 is 0.903 bits per heavy atom. The molecule has 1 atom stereocenters. The second-order valence-corrected chi connectivity index (χ2v) is 7.97. The van der Waals surface area contributed by atoms with Crippen LogP contribution in [0.25, 0.3) is 10.8 Å². The quantitative estimate of drug-likeness (QED) is 0.567. The van der Waals surface area contributed by atoms with Gasteiger partial charge in [0.2, 0.25) is 0 Å². The third-order valence-electron chi connectivity index (χ3n) is 6.37. The molecule has 0 spiro atoms. The third kappa shape index (κ3) is 3.14. The highest BCUT2D eigenvalue weighted by molar-refractivity contribution is 6.05. The van der Waals surface area contributed by atoms with Crippen molar-refractivity contribution < 1.29 is 23.7 Å². The second kappa shape index (κ2) is 7.69. The fourth-order valence-electron chi connectivity index (χ4n) is 4.62. The summed E-state index contributed by atoms with van der Waals surface area (Å²) >= 11 is 0. The van der Waals surface area contributed by atoms with Crippen LogP contribution < -0.4 is 19.5 Å². The van der Waals surface area contributed by atoms with E-state index in [4.69, 9.17) is 18.9 Å². The van der Waals surface area contributed by atoms with Gasteiger partial charge in [0.05, 0.1) is 27.0 Å². The summed E-state index contributed by atoms with van der Waals surface area (Å²) in [5.41, 5.74) is 3.56. The average Bonchev–Trinajstić information content (AvgIpc) is 2.76. The molecule has 1 heterocycles. The SMILES string of the molecule is COc1cc(C2OC(=O)Nc3c2cc(OC)c2ccccc32)cc(C2CCC2)c1OC. The van der Waals surface area contributed by atoms with E-state index in [1.54, 1.807) is 21.3 Å². The maximum absolute atomic E-state index is 12.6. The van der Waals surface area contributed by atoms with Crippen LogP contribution in [0.2, 0.25) is 0 Å². The fraction of sp³-hybridized carbons (Fsp3) is 0.320. The van der Waals surface area contributed by atoms with E-state index in [0.717, 1.165) is 57.5 Å². The molecule has 1 N–H and O–H groups in total. The van der Waals surface area contributed by atoms with Crippen LogP contribution in [-0.2, 0) is 4.74 Å². The van der Waals surface area contributed by atoms with Crippen LogP contribution in [0.3, 0.4) is 0 Å². The lowest BCUT2D eigenvalue weighted by molar-refractivity contribution is 0.126. The maximum atomic E-state index is 12.6. The van der Waals surface area contributed by atoms with E-state index in [9.17, 15) is 4.79 Å². The predicted octanol–water partition coefficient (Wildman–Crippen LogP) is 5.78. The Bertz CT molecular complexity index is 1170. The molecular formula is C25H25NO5. The molecule has 6 nitrogen and oxygen atoms in total. The molecule has 160 valence electrons. The number of ether oxygens (including phenoxy) is 4. The molecule has 1 fully saturated rings. The molecule has 1 amide bonds. The predicted molar refractivity (Wildman–Crippen MR) is 119 cm³/mol. The first-order chi connectivity index (χ1) is 15.1. The Hall–Kier alpha value is -3.41. The van der Waals surface area contributed by atoms with Gasteiger partial charge in [0.15, 0.2) is 17.6 Å². The summed E-state index contributed by atoms with van der Waals surface area (Å²) in [6.45, 7) is 0. The Kier molecular flexibility index (Phi) is 4.85. The monoisotopic (exact) mass is 419 g/mol. The van der Waals surface area contributed by atoms with Gasteiger partial charge in [-0.15, -0.1) is 0 Å². The number of carbonyl (C=O) groups excluding carboxylic acids is 1. The van der Waals surface area contributed by atoms with Gasteiger partial charge in [0.1, 0.15) is 5.75 Å². The summed E-state index contributed by atoms with van der Waals surface area (Å²) in [5.74, 6) is 2.56.